The summed E-state index contributed by atoms with van der Waals surface area (Å²) in [6.07, 6.45) is 88.8. The maximum atomic E-state index is 12.5. The average Bonchev–Trinajstić information content (AvgIpc) is 3.47. The van der Waals surface area contributed by atoms with Gasteiger partial charge < -0.3 is 20.3 Å². The number of carbonyl (C=O) groups is 2. The number of allylic oxidation sites excluding steroid dienone is 1. The molecule has 0 aromatic rings. The van der Waals surface area contributed by atoms with Gasteiger partial charge in [0.1, 0.15) is 0 Å². The van der Waals surface area contributed by atoms with Crippen LogP contribution >= 0.6 is 0 Å². The Bertz CT molecular complexity index is 1220. The zero-order valence-corrected chi connectivity index (χ0v) is 55.3. The number of carbonyl (C=O) groups excluding carboxylic acids is 2. The van der Waals surface area contributed by atoms with Crippen LogP contribution in [-0.4, -0.2) is 47.4 Å². The Kier molecular flexibility index (Phi) is 69.9. The van der Waals surface area contributed by atoms with Crippen molar-refractivity contribution >= 4 is 11.9 Å². The Morgan fingerprint density at radius 3 is 0.840 bits per heavy atom. The molecular weight excluding hydrogens is 995 g/mol. The Morgan fingerprint density at radius 1 is 0.333 bits per heavy atom. The summed E-state index contributed by atoms with van der Waals surface area (Å²) < 4.78 is 5.51. The third kappa shape index (κ3) is 67.6. The molecule has 1 amide bonds. The lowest BCUT2D eigenvalue weighted by molar-refractivity contribution is -0.143. The molecule has 482 valence electrons. The second-order valence-electron chi connectivity index (χ2n) is 26.0. The molecule has 6 heteroatoms. The van der Waals surface area contributed by atoms with E-state index in [1.54, 1.807) is 6.08 Å². The summed E-state index contributed by atoms with van der Waals surface area (Å²) in [7, 11) is 0. The smallest absolute Gasteiger partial charge is 0.305 e. The molecule has 2 unspecified atom stereocenters. The predicted octanol–water partition coefficient (Wildman–Crippen LogP) is 24.3. The SMILES string of the molecule is CCCCCCCCCCCCCCCCCCCCCCC/C=C/C(O)C(CO)NC(=O)CCCCCCCCCCCCCCCCCCCCCCCCCCOC(=O)CCCCCCCCCCCCCCCCCCC. The van der Waals surface area contributed by atoms with Crippen LogP contribution < -0.4 is 5.32 Å². The quantitative estimate of drug-likeness (QED) is 0.0320. The topological polar surface area (TPSA) is 95.9 Å². The third-order valence-corrected chi connectivity index (χ3v) is 17.8. The van der Waals surface area contributed by atoms with Crippen LogP contribution in [0.25, 0.3) is 0 Å². The van der Waals surface area contributed by atoms with Crippen molar-refractivity contribution in [2.75, 3.05) is 13.2 Å². The number of unbranched alkanes of at least 4 members (excludes halogenated alkanes) is 60. The van der Waals surface area contributed by atoms with Crippen molar-refractivity contribution in [3.05, 3.63) is 12.2 Å². The Morgan fingerprint density at radius 2 is 0.568 bits per heavy atom. The summed E-state index contributed by atoms with van der Waals surface area (Å²) >= 11 is 0. The van der Waals surface area contributed by atoms with Crippen molar-refractivity contribution < 1.29 is 24.5 Å². The number of hydrogen-bond donors (Lipinski definition) is 3. The van der Waals surface area contributed by atoms with Crippen molar-refractivity contribution in [3.63, 3.8) is 0 Å². The van der Waals surface area contributed by atoms with E-state index in [2.05, 4.69) is 19.2 Å². The number of hydrogen-bond acceptors (Lipinski definition) is 5. The molecule has 0 aliphatic carbocycles. The minimum Gasteiger partial charge on any atom is -0.466 e. The first-order chi connectivity index (χ1) is 40.0. The normalized spacial score (nSPS) is 12.5. The molecular formula is C75H147NO5. The van der Waals surface area contributed by atoms with Crippen molar-refractivity contribution in [1.29, 1.82) is 0 Å². The van der Waals surface area contributed by atoms with Gasteiger partial charge in [-0.2, -0.15) is 0 Å². The largest absolute Gasteiger partial charge is 0.466 e. The molecule has 0 bridgehead atoms. The standard InChI is InChI=1S/C75H147NO5/c1-3-5-7-9-11-13-15-17-19-21-22-23-26-29-32-36-39-43-47-51-55-59-63-67-73(78)72(71-77)76-74(79)68-64-60-56-52-48-44-40-37-33-30-27-24-25-28-31-34-38-42-46-50-54-58-62-66-70-81-75(80)69-65-61-57-53-49-45-41-35-20-18-16-14-12-10-8-6-4-2/h63,67,72-73,77-78H,3-62,64-66,68-71H2,1-2H3,(H,76,79)/b67-63+. The summed E-state index contributed by atoms with van der Waals surface area (Å²) in [5, 5.41) is 23.3. The number of esters is 1. The van der Waals surface area contributed by atoms with E-state index in [9.17, 15) is 19.8 Å². The summed E-state index contributed by atoms with van der Waals surface area (Å²) in [5.41, 5.74) is 0. The monoisotopic (exact) mass is 1140 g/mol. The first-order valence-corrected chi connectivity index (χ1v) is 37.5. The average molecular weight is 1140 g/mol. The highest BCUT2D eigenvalue weighted by molar-refractivity contribution is 5.76. The fourth-order valence-corrected chi connectivity index (χ4v) is 12.1. The molecule has 0 heterocycles. The Hall–Kier alpha value is -1.40. The van der Waals surface area contributed by atoms with E-state index in [4.69, 9.17) is 4.74 Å². The Labute approximate surface area is 508 Å². The van der Waals surface area contributed by atoms with Gasteiger partial charge in [0.05, 0.1) is 25.4 Å². The minimum absolute atomic E-state index is 0.0203. The highest BCUT2D eigenvalue weighted by Crippen LogP contribution is 2.20. The molecule has 6 nitrogen and oxygen atoms in total. The van der Waals surface area contributed by atoms with Crippen molar-refractivity contribution in [3.8, 4) is 0 Å². The van der Waals surface area contributed by atoms with Gasteiger partial charge in [-0.1, -0.05) is 398 Å². The minimum atomic E-state index is -0.844. The number of rotatable bonds is 71. The van der Waals surface area contributed by atoms with Gasteiger partial charge in [0.2, 0.25) is 5.91 Å². The van der Waals surface area contributed by atoms with Crippen LogP contribution in [0.15, 0.2) is 12.2 Å². The lowest BCUT2D eigenvalue weighted by Gasteiger charge is -2.20. The number of aliphatic hydroxyl groups is 2. The zero-order chi connectivity index (χ0) is 58.5. The third-order valence-electron chi connectivity index (χ3n) is 17.8. The summed E-state index contributed by atoms with van der Waals surface area (Å²) in [4.78, 5) is 24.6. The Balaban J connectivity index is 3.37. The molecule has 3 N–H and O–H groups in total. The van der Waals surface area contributed by atoms with Crippen LogP contribution in [0, 0.1) is 0 Å². The number of ether oxygens (including phenoxy) is 1. The molecule has 81 heavy (non-hydrogen) atoms. The fourth-order valence-electron chi connectivity index (χ4n) is 12.1. The number of nitrogens with one attached hydrogen (secondary N) is 1. The van der Waals surface area contributed by atoms with Gasteiger partial charge in [-0.3, -0.25) is 9.59 Å². The molecule has 2 atom stereocenters. The number of aliphatic hydroxyl groups excluding tert-OH is 2. The first-order valence-electron chi connectivity index (χ1n) is 37.5. The van der Waals surface area contributed by atoms with Gasteiger partial charge in [0.15, 0.2) is 0 Å². The molecule has 0 radical (unpaired) electrons. The first kappa shape index (κ1) is 79.6. The molecule has 0 aliphatic rings. The molecule has 0 spiro atoms. The van der Waals surface area contributed by atoms with E-state index in [-0.39, 0.29) is 18.5 Å². The second-order valence-corrected chi connectivity index (χ2v) is 26.0. The van der Waals surface area contributed by atoms with E-state index in [1.807, 2.05) is 6.08 Å². The van der Waals surface area contributed by atoms with Crippen molar-refractivity contribution in [1.82, 2.24) is 5.32 Å². The molecule has 0 saturated heterocycles. The van der Waals surface area contributed by atoms with Gasteiger partial charge in [-0.05, 0) is 32.1 Å². The fraction of sp³-hybridized carbons (Fsp3) is 0.947. The van der Waals surface area contributed by atoms with Crippen LogP contribution in [0.5, 0.6) is 0 Å². The molecule has 0 saturated carbocycles. The summed E-state index contributed by atoms with van der Waals surface area (Å²) in [6.45, 7) is 4.96. The molecule has 0 aliphatic heterocycles. The van der Waals surface area contributed by atoms with Crippen LogP contribution in [0.3, 0.4) is 0 Å². The highest BCUT2D eigenvalue weighted by Gasteiger charge is 2.18. The van der Waals surface area contributed by atoms with Crippen LogP contribution in [0.4, 0.5) is 0 Å². The lowest BCUT2D eigenvalue weighted by atomic mass is 10.0. The maximum Gasteiger partial charge on any atom is 0.305 e. The van der Waals surface area contributed by atoms with Gasteiger partial charge in [0, 0.05) is 12.8 Å². The van der Waals surface area contributed by atoms with Gasteiger partial charge in [-0.15, -0.1) is 0 Å². The molecule has 0 rings (SSSR count). The lowest BCUT2D eigenvalue weighted by Crippen LogP contribution is -2.45. The van der Waals surface area contributed by atoms with E-state index in [0.29, 0.717) is 19.4 Å². The predicted molar refractivity (Wildman–Crippen MR) is 357 cm³/mol. The number of amides is 1. The molecule has 0 aromatic heterocycles. The van der Waals surface area contributed by atoms with Gasteiger partial charge in [0.25, 0.3) is 0 Å². The van der Waals surface area contributed by atoms with Gasteiger partial charge >= 0.3 is 5.97 Å². The molecule has 0 fully saturated rings. The van der Waals surface area contributed by atoms with E-state index < -0.39 is 12.1 Å². The maximum absolute atomic E-state index is 12.5. The summed E-state index contributed by atoms with van der Waals surface area (Å²) in [6, 6.07) is -0.628. The van der Waals surface area contributed by atoms with Crippen molar-refractivity contribution in [2.24, 2.45) is 0 Å². The van der Waals surface area contributed by atoms with Crippen LogP contribution in [-0.2, 0) is 14.3 Å². The van der Waals surface area contributed by atoms with Crippen LogP contribution in [0.1, 0.15) is 431 Å². The molecule has 0 aromatic carbocycles. The zero-order valence-electron chi connectivity index (χ0n) is 55.3. The van der Waals surface area contributed by atoms with E-state index in [0.717, 1.165) is 38.5 Å². The van der Waals surface area contributed by atoms with Crippen molar-refractivity contribution in [2.45, 2.75) is 443 Å². The van der Waals surface area contributed by atoms with Gasteiger partial charge in [-0.25, -0.2) is 0 Å². The second kappa shape index (κ2) is 71.1. The van der Waals surface area contributed by atoms with Crippen LogP contribution in [0.2, 0.25) is 0 Å². The summed E-state index contributed by atoms with van der Waals surface area (Å²) in [5.74, 6) is -0.0412. The van der Waals surface area contributed by atoms with E-state index >= 15 is 0 Å². The highest BCUT2D eigenvalue weighted by atomic mass is 16.5. The van der Waals surface area contributed by atoms with E-state index in [1.165, 1.54) is 366 Å².